The maximum absolute atomic E-state index is 13.4. The van der Waals surface area contributed by atoms with Crippen molar-refractivity contribution >= 4 is 5.91 Å². The first-order valence-electron chi connectivity index (χ1n) is 4.84. The first-order valence-corrected chi connectivity index (χ1v) is 4.84. The third-order valence-electron chi connectivity index (χ3n) is 2.07. The SMILES string of the molecule is COc1cccc(F)c1C(=O)NC(C)CO. The van der Waals surface area contributed by atoms with Crippen molar-refractivity contribution in [3.05, 3.63) is 29.6 Å². The van der Waals surface area contributed by atoms with Crippen LogP contribution in [0.25, 0.3) is 0 Å². The minimum Gasteiger partial charge on any atom is -0.496 e. The summed E-state index contributed by atoms with van der Waals surface area (Å²) in [7, 11) is 1.36. The lowest BCUT2D eigenvalue weighted by atomic mass is 10.1. The number of amides is 1. The zero-order valence-corrected chi connectivity index (χ0v) is 9.16. The molecule has 1 unspecified atom stereocenters. The molecular weight excluding hydrogens is 213 g/mol. The molecule has 1 aromatic carbocycles. The fourth-order valence-corrected chi connectivity index (χ4v) is 1.24. The monoisotopic (exact) mass is 227 g/mol. The Morgan fingerprint density at radius 2 is 2.31 bits per heavy atom. The van der Waals surface area contributed by atoms with E-state index in [1.54, 1.807) is 6.92 Å². The van der Waals surface area contributed by atoms with Crippen LogP contribution in [0.2, 0.25) is 0 Å². The molecule has 1 rings (SSSR count). The highest BCUT2D eigenvalue weighted by atomic mass is 19.1. The minimum absolute atomic E-state index is 0.148. The Labute approximate surface area is 93.0 Å². The lowest BCUT2D eigenvalue weighted by molar-refractivity contribution is 0.0915. The van der Waals surface area contributed by atoms with Crippen LogP contribution in [-0.2, 0) is 0 Å². The lowest BCUT2D eigenvalue weighted by Gasteiger charge is -2.13. The Balaban J connectivity index is 2.98. The maximum atomic E-state index is 13.4. The molecule has 0 aromatic heterocycles. The normalized spacial score (nSPS) is 12.0. The van der Waals surface area contributed by atoms with Gasteiger partial charge < -0.3 is 15.2 Å². The van der Waals surface area contributed by atoms with Gasteiger partial charge in [-0.25, -0.2) is 4.39 Å². The van der Waals surface area contributed by atoms with Crippen molar-refractivity contribution < 1.29 is 19.0 Å². The second kappa shape index (κ2) is 5.46. The van der Waals surface area contributed by atoms with Crippen LogP contribution in [-0.4, -0.2) is 30.8 Å². The Hall–Kier alpha value is -1.62. The smallest absolute Gasteiger partial charge is 0.258 e. The standard InChI is InChI=1S/C11H14FNO3/c1-7(6-14)13-11(15)10-8(12)4-3-5-9(10)16-2/h3-5,7,14H,6H2,1-2H3,(H,13,15). The second-order valence-electron chi connectivity index (χ2n) is 3.37. The molecule has 0 saturated carbocycles. The molecule has 0 aliphatic heterocycles. The van der Waals surface area contributed by atoms with Crippen LogP contribution in [0.15, 0.2) is 18.2 Å². The van der Waals surface area contributed by atoms with Gasteiger partial charge in [-0.3, -0.25) is 4.79 Å². The first-order chi connectivity index (χ1) is 7.60. The van der Waals surface area contributed by atoms with Crippen molar-refractivity contribution in [2.45, 2.75) is 13.0 Å². The Kier molecular flexibility index (Phi) is 4.25. The van der Waals surface area contributed by atoms with Crippen molar-refractivity contribution in [2.24, 2.45) is 0 Å². The molecular formula is C11H14FNO3. The van der Waals surface area contributed by atoms with E-state index in [0.717, 1.165) is 0 Å². The summed E-state index contributed by atoms with van der Waals surface area (Å²) in [6.07, 6.45) is 0. The predicted octanol–water partition coefficient (Wildman–Crippen LogP) is 0.945. The number of hydrogen-bond acceptors (Lipinski definition) is 3. The maximum Gasteiger partial charge on any atom is 0.258 e. The summed E-state index contributed by atoms with van der Waals surface area (Å²) in [6.45, 7) is 1.41. The van der Waals surface area contributed by atoms with Crippen LogP contribution >= 0.6 is 0 Å². The number of hydrogen-bond donors (Lipinski definition) is 2. The molecule has 0 fully saturated rings. The van der Waals surface area contributed by atoms with Gasteiger partial charge in [0.25, 0.3) is 5.91 Å². The fraction of sp³-hybridized carbons (Fsp3) is 0.364. The van der Waals surface area contributed by atoms with Crippen LogP contribution in [0.3, 0.4) is 0 Å². The molecule has 0 aliphatic carbocycles. The van der Waals surface area contributed by atoms with E-state index in [2.05, 4.69) is 5.32 Å². The molecule has 1 aromatic rings. The van der Waals surface area contributed by atoms with E-state index >= 15 is 0 Å². The third-order valence-corrected chi connectivity index (χ3v) is 2.07. The number of carbonyl (C=O) groups is 1. The van der Waals surface area contributed by atoms with Gasteiger partial charge in [0.05, 0.1) is 13.7 Å². The van der Waals surface area contributed by atoms with Crippen molar-refractivity contribution in [1.82, 2.24) is 5.32 Å². The van der Waals surface area contributed by atoms with Gasteiger partial charge in [0.2, 0.25) is 0 Å². The number of nitrogens with one attached hydrogen (secondary N) is 1. The summed E-state index contributed by atoms with van der Waals surface area (Å²) in [4.78, 5) is 11.7. The fourth-order valence-electron chi connectivity index (χ4n) is 1.24. The van der Waals surface area contributed by atoms with Gasteiger partial charge in [-0.2, -0.15) is 0 Å². The van der Waals surface area contributed by atoms with E-state index in [4.69, 9.17) is 9.84 Å². The molecule has 0 bridgehead atoms. The van der Waals surface area contributed by atoms with E-state index in [0.29, 0.717) is 0 Å². The summed E-state index contributed by atoms with van der Waals surface area (Å²) < 4.78 is 18.3. The van der Waals surface area contributed by atoms with E-state index in [1.807, 2.05) is 0 Å². The average molecular weight is 227 g/mol. The second-order valence-corrected chi connectivity index (χ2v) is 3.37. The zero-order chi connectivity index (χ0) is 12.1. The topological polar surface area (TPSA) is 58.6 Å². The van der Waals surface area contributed by atoms with Crippen LogP contribution in [0, 0.1) is 5.82 Å². The van der Waals surface area contributed by atoms with Gasteiger partial charge in [-0.15, -0.1) is 0 Å². The quantitative estimate of drug-likeness (QED) is 0.805. The number of benzene rings is 1. The molecule has 0 saturated heterocycles. The Morgan fingerprint density at radius 3 is 2.88 bits per heavy atom. The van der Waals surface area contributed by atoms with Gasteiger partial charge in [0.1, 0.15) is 17.1 Å². The number of aliphatic hydroxyl groups excluding tert-OH is 1. The van der Waals surface area contributed by atoms with Crippen molar-refractivity contribution in [2.75, 3.05) is 13.7 Å². The first kappa shape index (κ1) is 12.4. The molecule has 1 amide bonds. The molecule has 0 spiro atoms. The zero-order valence-electron chi connectivity index (χ0n) is 9.16. The number of ether oxygens (including phenoxy) is 1. The highest BCUT2D eigenvalue weighted by Crippen LogP contribution is 2.20. The van der Waals surface area contributed by atoms with Crippen molar-refractivity contribution in [3.63, 3.8) is 0 Å². The predicted molar refractivity (Wildman–Crippen MR) is 57.0 cm³/mol. The minimum atomic E-state index is -0.651. The highest BCUT2D eigenvalue weighted by Gasteiger charge is 2.18. The van der Waals surface area contributed by atoms with Crippen LogP contribution in [0.5, 0.6) is 5.75 Å². The summed E-state index contributed by atoms with van der Waals surface area (Å²) in [5, 5.41) is 11.2. The number of carbonyl (C=O) groups excluding carboxylic acids is 1. The molecule has 4 nitrogen and oxygen atoms in total. The molecule has 88 valence electrons. The van der Waals surface area contributed by atoms with Crippen molar-refractivity contribution in [1.29, 1.82) is 0 Å². The van der Waals surface area contributed by atoms with Gasteiger partial charge in [0, 0.05) is 6.04 Å². The largest absolute Gasteiger partial charge is 0.496 e. The number of aliphatic hydroxyl groups is 1. The molecule has 2 N–H and O–H groups in total. The van der Waals surface area contributed by atoms with Crippen molar-refractivity contribution in [3.8, 4) is 5.75 Å². The number of halogens is 1. The molecule has 0 radical (unpaired) electrons. The summed E-state index contributed by atoms with van der Waals surface area (Å²) in [5.74, 6) is -1.08. The van der Waals surface area contributed by atoms with E-state index < -0.39 is 17.8 Å². The summed E-state index contributed by atoms with van der Waals surface area (Å²) in [5.41, 5.74) is -0.148. The lowest BCUT2D eigenvalue weighted by Crippen LogP contribution is -2.35. The molecule has 1 atom stereocenters. The molecule has 0 heterocycles. The van der Waals surface area contributed by atoms with Gasteiger partial charge >= 0.3 is 0 Å². The third kappa shape index (κ3) is 2.70. The molecule has 5 heteroatoms. The average Bonchev–Trinajstić information content (AvgIpc) is 2.28. The summed E-state index contributed by atoms with van der Waals surface area (Å²) >= 11 is 0. The van der Waals surface area contributed by atoms with Gasteiger partial charge in [-0.1, -0.05) is 6.07 Å². The summed E-state index contributed by atoms with van der Waals surface area (Å²) in [6, 6.07) is 3.71. The highest BCUT2D eigenvalue weighted by molar-refractivity contribution is 5.97. The Morgan fingerprint density at radius 1 is 1.62 bits per heavy atom. The van der Waals surface area contributed by atoms with Crippen LogP contribution < -0.4 is 10.1 Å². The van der Waals surface area contributed by atoms with E-state index in [-0.39, 0.29) is 17.9 Å². The Bertz CT molecular complexity index is 381. The van der Waals surface area contributed by atoms with Crippen LogP contribution in [0.4, 0.5) is 4.39 Å². The van der Waals surface area contributed by atoms with Gasteiger partial charge in [-0.05, 0) is 19.1 Å². The number of methoxy groups -OCH3 is 1. The van der Waals surface area contributed by atoms with Crippen LogP contribution in [0.1, 0.15) is 17.3 Å². The van der Waals surface area contributed by atoms with Gasteiger partial charge in [0.15, 0.2) is 0 Å². The van der Waals surface area contributed by atoms with E-state index in [1.165, 1.54) is 25.3 Å². The molecule has 16 heavy (non-hydrogen) atoms. The number of rotatable bonds is 4. The molecule has 0 aliphatic rings. The van der Waals surface area contributed by atoms with E-state index in [9.17, 15) is 9.18 Å².